The van der Waals surface area contributed by atoms with Crippen molar-refractivity contribution in [2.24, 2.45) is 11.8 Å². The zero-order valence-corrected chi connectivity index (χ0v) is 25.9. The Balaban J connectivity index is 1.58. The van der Waals surface area contributed by atoms with Gasteiger partial charge in [-0.3, -0.25) is 4.79 Å². The molecule has 4 heteroatoms. The van der Waals surface area contributed by atoms with Crippen molar-refractivity contribution < 1.29 is 14.3 Å². The fourth-order valence-electron chi connectivity index (χ4n) is 6.98. The molecule has 1 aliphatic carbocycles. The van der Waals surface area contributed by atoms with E-state index in [4.69, 9.17) is 9.47 Å². The summed E-state index contributed by atoms with van der Waals surface area (Å²) < 4.78 is 13.0. The van der Waals surface area contributed by atoms with Crippen LogP contribution < -0.4 is 9.47 Å². The number of hydrogen-bond donors (Lipinski definition) is 0. The molecule has 2 aliphatic heterocycles. The highest BCUT2D eigenvalue weighted by Crippen LogP contribution is 2.52. The van der Waals surface area contributed by atoms with Crippen molar-refractivity contribution in [3.8, 4) is 11.5 Å². The first-order valence-corrected chi connectivity index (χ1v) is 16.2. The van der Waals surface area contributed by atoms with Crippen LogP contribution in [-0.4, -0.2) is 36.1 Å². The number of rotatable bonds is 11. The van der Waals surface area contributed by atoms with Crippen LogP contribution in [0, 0.1) is 11.8 Å². The van der Waals surface area contributed by atoms with Gasteiger partial charge in [-0.05, 0) is 119 Å². The van der Waals surface area contributed by atoms with Crippen LogP contribution in [-0.2, 0) is 4.79 Å². The molecule has 4 rings (SSSR count). The Hall–Kier alpha value is -1.81. The van der Waals surface area contributed by atoms with Crippen LogP contribution in [0.25, 0.3) is 5.57 Å². The van der Waals surface area contributed by atoms with Crippen LogP contribution in [0.2, 0.25) is 0 Å². The highest BCUT2D eigenvalue weighted by molar-refractivity contribution is 5.84. The van der Waals surface area contributed by atoms with Crippen molar-refractivity contribution in [1.82, 2.24) is 4.90 Å². The second-order valence-corrected chi connectivity index (χ2v) is 13.4. The molecule has 0 unspecified atom stereocenters. The van der Waals surface area contributed by atoms with E-state index in [2.05, 4.69) is 58.6 Å². The number of carbonyl (C=O) groups excluding carboxylic acids is 1. The lowest BCUT2D eigenvalue weighted by Gasteiger charge is -2.41. The normalized spacial score (nSPS) is 22.8. The predicted octanol–water partition coefficient (Wildman–Crippen LogP) is 9.31. The minimum Gasteiger partial charge on any atom is -0.483 e. The SMILES string of the molecule is CCCCC[C@H](C)[C@H](C)c1cc(OC(=O)CCCN2CCCCCC2)c2c(c1)OC(C)(C)C1=C2C[C@@H](C)CC1. The Labute approximate surface area is 238 Å². The van der Waals surface area contributed by atoms with Gasteiger partial charge in [-0.25, -0.2) is 0 Å². The summed E-state index contributed by atoms with van der Waals surface area (Å²) >= 11 is 0. The second kappa shape index (κ2) is 13.7. The van der Waals surface area contributed by atoms with E-state index < -0.39 is 0 Å². The summed E-state index contributed by atoms with van der Waals surface area (Å²) in [7, 11) is 0. The molecule has 0 saturated carbocycles. The summed E-state index contributed by atoms with van der Waals surface area (Å²) in [5, 5.41) is 0. The quantitative estimate of drug-likeness (QED) is 0.160. The van der Waals surface area contributed by atoms with Gasteiger partial charge in [0.15, 0.2) is 0 Å². The first kappa shape index (κ1) is 30.2. The topological polar surface area (TPSA) is 38.8 Å². The van der Waals surface area contributed by atoms with E-state index in [9.17, 15) is 4.79 Å². The fraction of sp³-hybridized carbons (Fsp3) is 0.743. The first-order valence-electron chi connectivity index (χ1n) is 16.2. The summed E-state index contributed by atoms with van der Waals surface area (Å²) in [6.07, 6.45) is 14.9. The minimum atomic E-state index is -0.328. The maximum absolute atomic E-state index is 13.3. The summed E-state index contributed by atoms with van der Waals surface area (Å²) in [4.78, 5) is 15.8. The number of ether oxygens (including phenoxy) is 2. The molecular weight excluding hydrogens is 482 g/mol. The van der Waals surface area contributed by atoms with Crippen molar-refractivity contribution in [2.45, 2.75) is 137 Å². The first-order chi connectivity index (χ1) is 18.7. The van der Waals surface area contributed by atoms with Crippen LogP contribution in [0.4, 0.5) is 0 Å². The van der Waals surface area contributed by atoms with Gasteiger partial charge in [-0.1, -0.05) is 66.2 Å². The third-order valence-corrected chi connectivity index (χ3v) is 9.71. The molecule has 2 heterocycles. The summed E-state index contributed by atoms with van der Waals surface area (Å²) in [6, 6.07) is 4.44. The third kappa shape index (κ3) is 7.69. The molecule has 0 aromatic heterocycles. The van der Waals surface area contributed by atoms with E-state index in [1.807, 2.05) is 0 Å². The Morgan fingerprint density at radius 3 is 2.56 bits per heavy atom. The molecule has 1 aromatic carbocycles. The molecule has 39 heavy (non-hydrogen) atoms. The largest absolute Gasteiger partial charge is 0.483 e. The Morgan fingerprint density at radius 1 is 1.10 bits per heavy atom. The third-order valence-electron chi connectivity index (χ3n) is 9.71. The molecule has 3 aliphatic rings. The van der Waals surface area contributed by atoms with Crippen LogP contribution in [0.1, 0.15) is 142 Å². The molecule has 0 bridgehead atoms. The Morgan fingerprint density at radius 2 is 1.85 bits per heavy atom. The molecule has 1 saturated heterocycles. The number of benzene rings is 1. The van der Waals surface area contributed by atoms with E-state index in [0.29, 0.717) is 24.2 Å². The van der Waals surface area contributed by atoms with Gasteiger partial charge in [0.1, 0.15) is 17.1 Å². The zero-order chi connectivity index (χ0) is 28.0. The molecule has 0 spiro atoms. The van der Waals surface area contributed by atoms with E-state index in [-0.39, 0.29) is 11.6 Å². The molecule has 218 valence electrons. The van der Waals surface area contributed by atoms with E-state index in [1.54, 1.807) is 0 Å². The van der Waals surface area contributed by atoms with Gasteiger partial charge in [0, 0.05) is 6.42 Å². The highest BCUT2D eigenvalue weighted by Gasteiger charge is 2.39. The Kier molecular flexibility index (Phi) is 10.6. The van der Waals surface area contributed by atoms with Crippen molar-refractivity contribution in [3.63, 3.8) is 0 Å². The maximum atomic E-state index is 13.3. The molecule has 0 amide bonds. The number of likely N-dealkylation sites (tertiary alicyclic amines) is 1. The molecule has 0 radical (unpaired) electrons. The van der Waals surface area contributed by atoms with Gasteiger partial charge in [0.2, 0.25) is 0 Å². The number of carbonyl (C=O) groups is 1. The second-order valence-electron chi connectivity index (χ2n) is 13.4. The maximum Gasteiger partial charge on any atom is 0.311 e. The number of allylic oxidation sites excluding steroid dienone is 1. The standard InChI is InChI=1S/C35H55NO3/c1-7-8-11-15-26(3)27(4)28-23-31(38-33(37)16-14-21-36-19-12-9-10-13-20-36)34-29-22-25(2)17-18-30(29)35(5,6)39-32(34)24-28/h23-27H,7-22H2,1-6H3/t25-,26-,27-/m0/s1. The molecule has 4 nitrogen and oxygen atoms in total. The van der Waals surface area contributed by atoms with E-state index in [0.717, 1.165) is 42.9 Å². The predicted molar refractivity (Wildman–Crippen MR) is 163 cm³/mol. The number of esters is 1. The monoisotopic (exact) mass is 537 g/mol. The molecule has 1 fully saturated rings. The van der Waals surface area contributed by atoms with Gasteiger partial charge in [-0.2, -0.15) is 0 Å². The lowest BCUT2D eigenvalue weighted by Crippen LogP contribution is -2.37. The van der Waals surface area contributed by atoms with E-state index >= 15 is 0 Å². The zero-order valence-electron chi connectivity index (χ0n) is 25.9. The van der Waals surface area contributed by atoms with Crippen molar-refractivity contribution in [1.29, 1.82) is 0 Å². The van der Waals surface area contributed by atoms with Crippen molar-refractivity contribution in [2.75, 3.05) is 19.6 Å². The lowest BCUT2D eigenvalue weighted by atomic mass is 9.74. The summed E-state index contributed by atoms with van der Waals surface area (Å²) in [5.74, 6) is 3.09. The molecule has 3 atom stereocenters. The van der Waals surface area contributed by atoms with Gasteiger partial charge >= 0.3 is 5.97 Å². The molecule has 0 N–H and O–H groups in total. The van der Waals surface area contributed by atoms with E-state index in [1.165, 1.54) is 87.6 Å². The van der Waals surface area contributed by atoms with Crippen LogP contribution >= 0.6 is 0 Å². The van der Waals surface area contributed by atoms with Gasteiger partial charge in [-0.15, -0.1) is 0 Å². The minimum absolute atomic E-state index is 0.108. The molecule has 1 aromatic rings. The van der Waals surface area contributed by atoms with Gasteiger partial charge < -0.3 is 14.4 Å². The van der Waals surface area contributed by atoms with Gasteiger partial charge in [0.25, 0.3) is 0 Å². The number of fused-ring (bicyclic) bond motifs is 2. The van der Waals surface area contributed by atoms with Crippen LogP contribution in [0.15, 0.2) is 17.7 Å². The summed E-state index contributed by atoms with van der Waals surface area (Å²) in [5.41, 5.74) is 4.70. The smallest absolute Gasteiger partial charge is 0.311 e. The highest BCUT2D eigenvalue weighted by atomic mass is 16.5. The number of hydrogen-bond acceptors (Lipinski definition) is 4. The van der Waals surface area contributed by atoms with Crippen molar-refractivity contribution in [3.05, 3.63) is 28.8 Å². The number of unbranched alkanes of at least 4 members (excludes halogenated alkanes) is 2. The Bertz CT molecular complexity index is 1000. The average molecular weight is 538 g/mol. The molecular formula is C35H55NO3. The average Bonchev–Trinajstić information content (AvgIpc) is 3.16. The lowest BCUT2D eigenvalue weighted by molar-refractivity contribution is -0.134. The summed E-state index contributed by atoms with van der Waals surface area (Å²) in [6.45, 7) is 17.0. The van der Waals surface area contributed by atoms with Crippen LogP contribution in [0.5, 0.6) is 11.5 Å². The number of nitrogens with zero attached hydrogens (tertiary/aromatic N) is 1. The van der Waals surface area contributed by atoms with Crippen molar-refractivity contribution >= 4 is 11.5 Å². The fourth-order valence-corrected chi connectivity index (χ4v) is 6.98. The van der Waals surface area contributed by atoms with Crippen LogP contribution in [0.3, 0.4) is 0 Å². The van der Waals surface area contributed by atoms with Gasteiger partial charge in [0.05, 0.1) is 5.56 Å².